The Kier molecular flexibility index (Phi) is 3.61. The van der Waals surface area contributed by atoms with E-state index in [0.29, 0.717) is 0 Å². The summed E-state index contributed by atoms with van der Waals surface area (Å²) in [5, 5.41) is 7.11. The number of nitrogens with one attached hydrogen (secondary N) is 1. The van der Waals surface area contributed by atoms with Crippen molar-refractivity contribution in [2.24, 2.45) is 0 Å². The fourth-order valence-electron chi connectivity index (χ4n) is 2.07. The fourth-order valence-corrected chi connectivity index (χ4v) is 2.89. The summed E-state index contributed by atoms with van der Waals surface area (Å²) >= 11 is 1.78. The molecule has 0 unspecified atom stereocenters. The lowest BCUT2D eigenvalue weighted by atomic mass is 10.1. The summed E-state index contributed by atoms with van der Waals surface area (Å²) in [6, 6.07) is 17.2. The van der Waals surface area contributed by atoms with E-state index in [1.807, 2.05) is 6.20 Å². The summed E-state index contributed by atoms with van der Waals surface area (Å²) in [4.78, 5) is 2.51. The van der Waals surface area contributed by atoms with E-state index >= 15 is 0 Å². The van der Waals surface area contributed by atoms with Crippen molar-refractivity contribution in [1.29, 1.82) is 0 Å². The van der Waals surface area contributed by atoms with Crippen LogP contribution in [-0.2, 0) is 0 Å². The second-order valence-electron chi connectivity index (χ2n) is 4.87. The lowest BCUT2D eigenvalue weighted by Gasteiger charge is -2.04. The van der Waals surface area contributed by atoms with Gasteiger partial charge in [0.1, 0.15) is 0 Å². The zero-order chi connectivity index (χ0) is 13.9. The zero-order valence-corrected chi connectivity index (χ0v) is 12.4. The van der Waals surface area contributed by atoms with Crippen LogP contribution in [0.15, 0.2) is 64.5 Å². The Morgan fingerprint density at radius 3 is 2.00 bits per heavy atom. The number of hydrogen-bond acceptors (Lipinski definition) is 2. The van der Waals surface area contributed by atoms with E-state index in [9.17, 15) is 0 Å². The van der Waals surface area contributed by atoms with Gasteiger partial charge in [-0.3, -0.25) is 5.10 Å². The molecule has 0 saturated heterocycles. The molecule has 0 bridgehead atoms. The molecule has 2 aromatic carbocycles. The molecule has 0 spiro atoms. The first-order chi connectivity index (χ1) is 9.72. The number of benzene rings is 2. The third-order valence-corrected chi connectivity index (χ3v) is 4.24. The Labute approximate surface area is 123 Å². The predicted molar refractivity (Wildman–Crippen MR) is 84.1 cm³/mol. The van der Waals surface area contributed by atoms with Gasteiger partial charge in [0.25, 0.3) is 0 Å². The number of aryl methyl sites for hydroxylation is 2. The van der Waals surface area contributed by atoms with Gasteiger partial charge in [0.15, 0.2) is 0 Å². The highest BCUT2D eigenvalue weighted by atomic mass is 32.2. The average Bonchev–Trinajstić information content (AvgIpc) is 2.89. The van der Waals surface area contributed by atoms with Gasteiger partial charge >= 0.3 is 0 Å². The zero-order valence-electron chi connectivity index (χ0n) is 11.6. The minimum Gasteiger partial charge on any atom is -0.278 e. The molecule has 0 saturated carbocycles. The van der Waals surface area contributed by atoms with Gasteiger partial charge in [-0.05, 0) is 49.2 Å². The molecule has 0 aliphatic carbocycles. The second-order valence-corrected chi connectivity index (χ2v) is 6.01. The van der Waals surface area contributed by atoms with Crippen molar-refractivity contribution in [3.05, 3.63) is 65.9 Å². The molecule has 3 aromatic rings. The van der Waals surface area contributed by atoms with Crippen molar-refractivity contribution in [2.75, 3.05) is 0 Å². The Bertz CT molecular complexity index is 697. The van der Waals surface area contributed by atoms with Crippen molar-refractivity contribution in [1.82, 2.24) is 10.2 Å². The number of aromatic nitrogens is 2. The van der Waals surface area contributed by atoms with Crippen LogP contribution >= 0.6 is 11.8 Å². The van der Waals surface area contributed by atoms with E-state index in [2.05, 4.69) is 72.6 Å². The first-order valence-corrected chi connectivity index (χ1v) is 7.39. The third-order valence-electron chi connectivity index (χ3n) is 3.23. The molecule has 0 aliphatic heterocycles. The molecule has 100 valence electrons. The summed E-state index contributed by atoms with van der Waals surface area (Å²) < 4.78 is 0. The Hall–Kier alpha value is -2.00. The average molecular weight is 280 g/mol. The van der Waals surface area contributed by atoms with Gasteiger partial charge in [-0.1, -0.05) is 41.6 Å². The van der Waals surface area contributed by atoms with E-state index in [0.717, 1.165) is 5.69 Å². The van der Waals surface area contributed by atoms with Crippen LogP contribution in [0.2, 0.25) is 0 Å². The van der Waals surface area contributed by atoms with Crippen LogP contribution in [0.1, 0.15) is 11.1 Å². The van der Waals surface area contributed by atoms with Gasteiger partial charge in [0, 0.05) is 9.79 Å². The summed E-state index contributed by atoms with van der Waals surface area (Å²) in [7, 11) is 0. The van der Waals surface area contributed by atoms with Crippen molar-refractivity contribution >= 4 is 11.8 Å². The van der Waals surface area contributed by atoms with Crippen molar-refractivity contribution in [3.63, 3.8) is 0 Å². The third kappa shape index (κ3) is 2.78. The first kappa shape index (κ1) is 13.0. The molecule has 1 aromatic heterocycles. The van der Waals surface area contributed by atoms with Crippen LogP contribution in [0.5, 0.6) is 0 Å². The molecule has 20 heavy (non-hydrogen) atoms. The highest BCUT2D eigenvalue weighted by molar-refractivity contribution is 7.99. The normalized spacial score (nSPS) is 10.7. The molecule has 0 fully saturated rings. The standard InChI is InChI=1S/C17H16N2S/c1-12-3-7-15(8-4-12)20-16-9-5-14(6-10-16)17-13(2)11-18-19-17/h3-11H,1-2H3,(H,18,19). The van der Waals surface area contributed by atoms with E-state index in [-0.39, 0.29) is 0 Å². The van der Waals surface area contributed by atoms with Crippen LogP contribution in [-0.4, -0.2) is 10.2 Å². The van der Waals surface area contributed by atoms with E-state index < -0.39 is 0 Å². The van der Waals surface area contributed by atoms with Crippen molar-refractivity contribution < 1.29 is 0 Å². The molecule has 1 heterocycles. The summed E-state index contributed by atoms with van der Waals surface area (Å²) in [5.74, 6) is 0. The largest absolute Gasteiger partial charge is 0.278 e. The minimum atomic E-state index is 1.09. The van der Waals surface area contributed by atoms with Crippen LogP contribution in [0.3, 0.4) is 0 Å². The molecule has 3 heteroatoms. The van der Waals surface area contributed by atoms with Gasteiger partial charge in [0.2, 0.25) is 0 Å². The van der Waals surface area contributed by atoms with E-state index in [4.69, 9.17) is 0 Å². The molecular weight excluding hydrogens is 264 g/mol. The quantitative estimate of drug-likeness (QED) is 0.743. The van der Waals surface area contributed by atoms with Gasteiger partial charge < -0.3 is 0 Å². The van der Waals surface area contributed by atoms with Crippen LogP contribution < -0.4 is 0 Å². The number of aromatic amines is 1. The van der Waals surface area contributed by atoms with Crippen LogP contribution in [0, 0.1) is 13.8 Å². The van der Waals surface area contributed by atoms with Gasteiger partial charge in [0.05, 0.1) is 11.9 Å². The second kappa shape index (κ2) is 5.55. The van der Waals surface area contributed by atoms with Crippen molar-refractivity contribution in [2.45, 2.75) is 23.6 Å². The molecule has 0 radical (unpaired) electrons. The first-order valence-electron chi connectivity index (χ1n) is 6.57. The van der Waals surface area contributed by atoms with Crippen LogP contribution in [0.4, 0.5) is 0 Å². The minimum absolute atomic E-state index is 1.09. The van der Waals surface area contributed by atoms with Gasteiger partial charge in [-0.25, -0.2) is 0 Å². The molecule has 0 aliphatic rings. The number of rotatable bonds is 3. The van der Waals surface area contributed by atoms with Gasteiger partial charge in [-0.2, -0.15) is 5.10 Å². The van der Waals surface area contributed by atoms with Gasteiger partial charge in [-0.15, -0.1) is 0 Å². The molecular formula is C17H16N2S. The highest BCUT2D eigenvalue weighted by Crippen LogP contribution is 2.30. The van der Waals surface area contributed by atoms with Crippen LogP contribution in [0.25, 0.3) is 11.3 Å². The molecule has 1 N–H and O–H groups in total. The topological polar surface area (TPSA) is 28.7 Å². The SMILES string of the molecule is Cc1ccc(Sc2ccc(-c3[nH]ncc3C)cc2)cc1. The summed E-state index contributed by atoms with van der Waals surface area (Å²) in [5.41, 5.74) is 4.73. The Balaban J connectivity index is 1.80. The molecule has 2 nitrogen and oxygen atoms in total. The Morgan fingerprint density at radius 2 is 1.45 bits per heavy atom. The summed E-state index contributed by atoms with van der Waals surface area (Å²) in [6.07, 6.45) is 1.85. The number of nitrogens with zero attached hydrogens (tertiary/aromatic N) is 1. The predicted octanol–water partition coefficient (Wildman–Crippen LogP) is 4.84. The summed E-state index contributed by atoms with van der Waals surface area (Å²) in [6.45, 7) is 4.17. The van der Waals surface area contributed by atoms with E-state index in [1.54, 1.807) is 11.8 Å². The monoisotopic (exact) mass is 280 g/mol. The maximum atomic E-state index is 4.07. The van der Waals surface area contributed by atoms with Crippen molar-refractivity contribution in [3.8, 4) is 11.3 Å². The molecule has 0 atom stereocenters. The highest BCUT2D eigenvalue weighted by Gasteiger charge is 2.04. The maximum absolute atomic E-state index is 4.07. The lowest BCUT2D eigenvalue weighted by Crippen LogP contribution is -1.81. The lowest BCUT2D eigenvalue weighted by molar-refractivity contribution is 1.09. The fraction of sp³-hybridized carbons (Fsp3) is 0.118. The molecule has 3 rings (SSSR count). The number of hydrogen-bond donors (Lipinski definition) is 1. The van der Waals surface area contributed by atoms with E-state index in [1.165, 1.54) is 26.5 Å². The maximum Gasteiger partial charge on any atom is 0.0679 e. The molecule has 0 amide bonds. The Morgan fingerprint density at radius 1 is 0.850 bits per heavy atom. The smallest absolute Gasteiger partial charge is 0.0679 e. The number of H-pyrrole nitrogens is 1.